The molecule has 0 spiro atoms. The molecule has 104 valence electrons. The third-order valence-electron chi connectivity index (χ3n) is 2.54. The Morgan fingerprint density at radius 3 is 2.75 bits per heavy atom. The maximum atomic E-state index is 11.3. The van der Waals surface area contributed by atoms with Crippen LogP contribution >= 0.6 is 27.3 Å². The molecule has 0 saturated heterocycles. The normalized spacial score (nSPS) is 10.3. The highest BCUT2D eigenvalue weighted by Gasteiger charge is 2.22. The van der Waals surface area contributed by atoms with Crippen LogP contribution in [0.15, 0.2) is 34.8 Å². The van der Waals surface area contributed by atoms with Gasteiger partial charge in [-0.2, -0.15) is 0 Å². The van der Waals surface area contributed by atoms with Crippen molar-refractivity contribution in [2.75, 3.05) is 0 Å². The lowest BCUT2D eigenvalue weighted by atomic mass is 10.2. The van der Waals surface area contributed by atoms with E-state index in [1.807, 2.05) is 24.3 Å². The Morgan fingerprint density at radius 1 is 1.45 bits per heavy atom. The van der Waals surface area contributed by atoms with E-state index in [0.29, 0.717) is 4.88 Å². The molecule has 1 heterocycles. The lowest BCUT2D eigenvalue weighted by molar-refractivity contribution is -0.385. The molecule has 2 rings (SSSR count). The van der Waals surface area contributed by atoms with Crippen LogP contribution in [0.5, 0.6) is 5.06 Å². The highest BCUT2D eigenvalue weighted by Crippen LogP contribution is 2.37. The molecule has 0 aliphatic rings. The van der Waals surface area contributed by atoms with Gasteiger partial charge in [0, 0.05) is 16.1 Å². The van der Waals surface area contributed by atoms with Crippen LogP contribution < -0.4 is 4.74 Å². The summed E-state index contributed by atoms with van der Waals surface area (Å²) in [4.78, 5) is 22.0. The molecule has 0 aliphatic carbocycles. The van der Waals surface area contributed by atoms with Crippen LogP contribution in [-0.2, 0) is 6.61 Å². The van der Waals surface area contributed by atoms with Crippen LogP contribution in [0.1, 0.15) is 22.2 Å². The first-order chi connectivity index (χ1) is 9.49. The molecule has 2 aromatic rings. The maximum Gasteiger partial charge on any atom is 0.323 e. The molecule has 0 aliphatic heterocycles. The Balaban J connectivity index is 2.23. The van der Waals surface area contributed by atoms with E-state index in [0.717, 1.165) is 21.4 Å². The Bertz CT molecular complexity index is 668. The molecule has 20 heavy (non-hydrogen) atoms. The second-order valence-corrected chi connectivity index (χ2v) is 5.85. The largest absolute Gasteiger partial charge is 0.474 e. The summed E-state index contributed by atoms with van der Waals surface area (Å²) in [7, 11) is 0. The van der Waals surface area contributed by atoms with Gasteiger partial charge in [-0.15, -0.1) is 0 Å². The number of hydrogen-bond donors (Lipinski definition) is 0. The van der Waals surface area contributed by atoms with Crippen LogP contribution in [0.4, 0.5) is 5.69 Å². The SMILES string of the molecule is CC(=O)c1cc([N+](=O)[O-])c(OCc2ccccc2Br)s1. The zero-order valence-corrected chi connectivity index (χ0v) is 12.9. The predicted molar refractivity (Wildman–Crippen MR) is 79.5 cm³/mol. The third-order valence-corrected chi connectivity index (χ3v) is 4.45. The smallest absolute Gasteiger partial charge is 0.323 e. The van der Waals surface area contributed by atoms with E-state index >= 15 is 0 Å². The second-order valence-electron chi connectivity index (χ2n) is 3.98. The van der Waals surface area contributed by atoms with Gasteiger partial charge < -0.3 is 4.74 Å². The number of nitrogens with zero attached hydrogens (tertiary/aromatic N) is 1. The molecule has 0 unspecified atom stereocenters. The Morgan fingerprint density at radius 2 is 2.15 bits per heavy atom. The molecule has 1 aromatic heterocycles. The van der Waals surface area contributed by atoms with Crippen molar-refractivity contribution in [2.45, 2.75) is 13.5 Å². The molecule has 7 heteroatoms. The monoisotopic (exact) mass is 355 g/mol. The van der Waals surface area contributed by atoms with Gasteiger partial charge in [-0.25, -0.2) is 0 Å². The van der Waals surface area contributed by atoms with Gasteiger partial charge in [-0.05, 0) is 13.0 Å². The Kier molecular flexibility index (Phi) is 4.51. The van der Waals surface area contributed by atoms with E-state index in [2.05, 4.69) is 15.9 Å². The predicted octanol–water partition coefficient (Wildman–Crippen LogP) is 4.20. The molecule has 0 saturated carbocycles. The number of benzene rings is 1. The van der Waals surface area contributed by atoms with Crippen molar-refractivity contribution in [3.8, 4) is 5.06 Å². The number of ketones is 1. The van der Waals surface area contributed by atoms with Gasteiger partial charge in [0.25, 0.3) is 5.06 Å². The molecule has 0 radical (unpaired) electrons. The van der Waals surface area contributed by atoms with Gasteiger partial charge in [0.1, 0.15) is 6.61 Å². The van der Waals surface area contributed by atoms with Crippen LogP contribution in [0.2, 0.25) is 0 Å². The van der Waals surface area contributed by atoms with E-state index < -0.39 is 4.92 Å². The fraction of sp³-hybridized carbons (Fsp3) is 0.154. The van der Waals surface area contributed by atoms with Crippen molar-refractivity contribution >= 4 is 38.7 Å². The van der Waals surface area contributed by atoms with Crippen LogP contribution in [0, 0.1) is 10.1 Å². The molecule has 0 atom stereocenters. The number of carbonyl (C=O) groups is 1. The first-order valence-corrected chi connectivity index (χ1v) is 7.25. The lowest BCUT2D eigenvalue weighted by Gasteiger charge is -2.05. The lowest BCUT2D eigenvalue weighted by Crippen LogP contribution is -1.97. The van der Waals surface area contributed by atoms with E-state index in [-0.39, 0.29) is 23.1 Å². The van der Waals surface area contributed by atoms with E-state index in [1.165, 1.54) is 13.0 Å². The number of thiophene rings is 1. The van der Waals surface area contributed by atoms with Crippen molar-refractivity contribution in [3.63, 3.8) is 0 Å². The quantitative estimate of drug-likeness (QED) is 0.457. The number of carbonyl (C=O) groups excluding carboxylic acids is 1. The summed E-state index contributed by atoms with van der Waals surface area (Å²) in [6, 6.07) is 8.70. The standard InChI is InChI=1S/C13H10BrNO4S/c1-8(16)12-6-11(15(17)18)13(20-12)19-7-9-4-2-3-5-10(9)14/h2-6H,7H2,1H3. The van der Waals surface area contributed by atoms with Gasteiger partial charge in [0.05, 0.1) is 9.80 Å². The number of hydrogen-bond acceptors (Lipinski definition) is 5. The minimum absolute atomic E-state index is 0.149. The number of nitro groups is 1. The highest BCUT2D eigenvalue weighted by atomic mass is 79.9. The molecule has 0 amide bonds. The number of halogens is 1. The average Bonchev–Trinajstić information content (AvgIpc) is 2.82. The summed E-state index contributed by atoms with van der Waals surface area (Å²) in [5, 5.41) is 11.1. The molecule has 1 aromatic carbocycles. The van der Waals surface area contributed by atoms with Crippen molar-refractivity contribution in [2.24, 2.45) is 0 Å². The first-order valence-electron chi connectivity index (χ1n) is 5.64. The molecule has 0 bridgehead atoms. The summed E-state index contributed by atoms with van der Waals surface area (Å²) in [5.74, 6) is -0.214. The van der Waals surface area contributed by atoms with E-state index in [9.17, 15) is 14.9 Å². The summed E-state index contributed by atoms with van der Waals surface area (Å²) in [5.41, 5.74) is 0.701. The molecule has 0 N–H and O–H groups in total. The van der Waals surface area contributed by atoms with E-state index in [1.54, 1.807) is 0 Å². The zero-order chi connectivity index (χ0) is 14.7. The van der Waals surface area contributed by atoms with E-state index in [4.69, 9.17) is 4.74 Å². The van der Waals surface area contributed by atoms with Crippen LogP contribution in [0.25, 0.3) is 0 Å². The van der Waals surface area contributed by atoms with Gasteiger partial charge in [0.15, 0.2) is 5.78 Å². The summed E-state index contributed by atoms with van der Waals surface area (Å²) in [6.07, 6.45) is 0. The molecule has 0 fully saturated rings. The van der Waals surface area contributed by atoms with Gasteiger partial charge in [-0.3, -0.25) is 14.9 Å². The fourth-order valence-corrected chi connectivity index (χ4v) is 2.80. The molecule has 5 nitrogen and oxygen atoms in total. The topological polar surface area (TPSA) is 69.4 Å². The van der Waals surface area contributed by atoms with Crippen molar-refractivity contribution in [1.82, 2.24) is 0 Å². The molecular formula is C13H10BrNO4S. The maximum absolute atomic E-state index is 11.3. The third kappa shape index (κ3) is 3.23. The number of ether oxygens (including phenoxy) is 1. The number of rotatable bonds is 5. The van der Waals surface area contributed by atoms with Gasteiger partial charge in [-0.1, -0.05) is 45.5 Å². The fourth-order valence-electron chi connectivity index (χ4n) is 1.53. The van der Waals surface area contributed by atoms with Crippen molar-refractivity contribution in [3.05, 3.63) is 55.4 Å². The first kappa shape index (κ1) is 14.7. The van der Waals surface area contributed by atoms with Crippen LogP contribution in [-0.4, -0.2) is 10.7 Å². The van der Waals surface area contributed by atoms with Gasteiger partial charge in [0.2, 0.25) is 0 Å². The van der Waals surface area contributed by atoms with Crippen molar-refractivity contribution in [1.29, 1.82) is 0 Å². The minimum atomic E-state index is -0.543. The minimum Gasteiger partial charge on any atom is -0.474 e. The highest BCUT2D eigenvalue weighted by molar-refractivity contribution is 9.10. The Hall–Kier alpha value is -1.73. The summed E-state index contributed by atoms with van der Waals surface area (Å²) >= 11 is 4.37. The van der Waals surface area contributed by atoms with Crippen LogP contribution in [0.3, 0.4) is 0 Å². The zero-order valence-electron chi connectivity index (χ0n) is 10.5. The Labute approximate surface area is 127 Å². The summed E-state index contributed by atoms with van der Waals surface area (Å²) < 4.78 is 6.36. The summed E-state index contributed by atoms with van der Waals surface area (Å²) in [6.45, 7) is 1.56. The number of Topliss-reactive ketones (excluding diaryl/α,β-unsaturated/α-hetero) is 1. The second kappa shape index (κ2) is 6.15. The average molecular weight is 356 g/mol. The molecular weight excluding hydrogens is 346 g/mol. The van der Waals surface area contributed by atoms with Crippen molar-refractivity contribution < 1.29 is 14.5 Å². The van der Waals surface area contributed by atoms with Gasteiger partial charge >= 0.3 is 5.69 Å².